The number of fused-ring (bicyclic) bond motifs is 1. The van der Waals surface area contributed by atoms with Crippen LogP contribution >= 0.6 is 0 Å². The van der Waals surface area contributed by atoms with Gasteiger partial charge in [0.15, 0.2) is 0 Å². The topological polar surface area (TPSA) is 70.9 Å². The third-order valence-electron chi connectivity index (χ3n) is 2.64. The molecule has 0 aliphatic rings. The Bertz CT molecular complexity index is 625. The number of nitrogens with two attached hydrogens (primary N) is 1. The number of benzene rings is 1. The molecule has 0 atom stereocenters. The van der Waals surface area contributed by atoms with Crippen molar-refractivity contribution in [2.75, 3.05) is 5.32 Å². The SMILES string of the molecule is C=CC(=O)Nc1ccc2[nH]cc(CC(=C)N)c2c1. The second-order valence-electron chi connectivity index (χ2n) is 4.10. The van der Waals surface area contributed by atoms with E-state index in [-0.39, 0.29) is 5.91 Å². The Balaban J connectivity index is 2.38. The molecule has 1 amide bonds. The second kappa shape index (κ2) is 4.79. The van der Waals surface area contributed by atoms with E-state index in [0.717, 1.165) is 22.2 Å². The summed E-state index contributed by atoms with van der Waals surface area (Å²) in [5, 5.41) is 3.76. The molecule has 1 aromatic heterocycles. The molecule has 0 saturated heterocycles. The fraction of sp³-hybridized carbons (Fsp3) is 0.0714. The van der Waals surface area contributed by atoms with E-state index in [2.05, 4.69) is 23.5 Å². The summed E-state index contributed by atoms with van der Waals surface area (Å²) in [6, 6.07) is 5.66. The molecular weight excluding hydrogens is 226 g/mol. The van der Waals surface area contributed by atoms with Gasteiger partial charge in [0.05, 0.1) is 0 Å². The number of amides is 1. The van der Waals surface area contributed by atoms with Gasteiger partial charge in [-0.15, -0.1) is 0 Å². The Labute approximate surface area is 105 Å². The Hall–Kier alpha value is -2.49. The van der Waals surface area contributed by atoms with Crippen LogP contribution in [0.15, 0.2) is 49.3 Å². The molecule has 1 aromatic carbocycles. The lowest BCUT2D eigenvalue weighted by molar-refractivity contribution is -0.111. The molecule has 0 aliphatic carbocycles. The van der Waals surface area contributed by atoms with Crippen molar-refractivity contribution < 1.29 is 4.79 Å². The van der Waals surface area contributed by atoms with E-state index in [1.165, 1.54) is 6.08 Å². The summed E-state index contributed by atoms with van der Waals surface area (Å²) in [6.07, 6.45) is 3.75. The quantitative estimate of drug-likeness (QED) is 0.719. The first-order valence-electron chi connectivity index (χ1n) is 5.57. The molecule has 2 aromatic rings. The van der Waals surface area contributed by atoms with Crippen LogP contribution in [-0.4, -0.2) is 10.9 Å². The number of allylic oxidation sites excluding steroid dienone is 1. The number of aromatic amines is 1. The number of carbonyl (C=O) groups is 1. The summed E-state index contributed by atoms with van der Waals surface area (Å²) in [4.78, 5) is 14.4. The van der Waals surface area contributed by atoms with Crippen LogP contribution in [0.1, 0.15) is 5.56 Å². The maximum absolute atomic E-state index is 11.2. The number of anilines is 1. The van der Waals surface area contributed by atoms with Crippen LogP contribution in [0.2, 0.25) is 0 Å². The van der Waals surface area contributed by atoms with Crippen molar-refractivity contribution in [2.45, 2.75) is 6.42 Å². The van der Waals surface area contributed by atoms with Crippen LogP contribution in [-0.2, 0) is 11.2 Å². The third-order valence-corrected chi connectivity index (χ3v) is 2.64. The predicted molar refractivity (Wildman–Crippen MR) is 74.2 cm³/mol. The number of H-pyrrole nitrogens is 1. The standard InChI is InChI=1S/C14H15N3O/c1-3-14(18)17-11-4-5-13-12(7-11)10(8-16-13)6-9(2)15/h3-5,7-8,16H,1-2,6,15H2,(H,17,18). The van der Waals surface area contributed by atoms with Crippen molar-refractivity contribution in [1.82, 2.24) is 4.98 Å². The van der Waals surface area contributed by atoms with Crippen molar-refractivity contribution >= 4 is 22.5 Å². The van der Waals surface area contributed by atoms with Gasteiger partial charge in [-0.1, -0.05) is 13.2 Å². The van der Waals surface area contributed by atoms with E-state index >= 15 is 0 Å². The molecule has 0 radical (unpaired) electrons. The van der Waals surface area contributed by atoms with E-state index < -0.39 is 0 Å². The molecule has 2 rings (SSSR count). The maximum atomic E-state index is 11.2. The third kappa shape index (κ3) is 2.43. The summed E-state index contributed by atoms with van der Waals surface area (Å²) in [6.45, 7) is 7.12. The van der Waals surface area contributed by atoms with Crippen molar-refractivity contribution in [1.29, 1.82) is 0 Å². The Morgan fingerprint density at radius 2 is 2.28 bits per heavy atom. The molecule has 0 spiro atoms. The lowest BCUT2D eigenvalue weighted by Crippen LogP contribution is -2.06. The van der Waals surface area contributed by atoms with Gasteiger partial charge in [-0.25, -0.2) is 0 Å². The molecule has 0 saturated carbocycles. The minimum Gasteiger partial charge on any atom is -0.402 e. The maximum Gasteiger partial charge on any atom is 0.247 e. The molecule has 4 N–H and O–H groups in total. The zero-order valence-electron chi connectivity index (χ0n) is 9.99. The molecule has 92 valence electrons. The Morgan fingerprint density at radius 3 is 2.94 bits per heavy atom. The highest BCUT2D eigenvalue weighted by Gasteiger charge is 2.06. The van der Waals surface area contributed by atoms with Gasteiger partial charge in [0.1, 0.15) is 0 Å². The van der Waals surface area contributed by atoms with Crippen LogP contribution in [0.25, 0.3) is 10.9 Å². The summed E-state index contributed by atoms with van der Waals surface area (Å²) in [5.41, 5.74) is 9.03. The van der Waals surface area contributed by atoms with Crippen molar-refractivity contribution in [3.8, 4) is 0 Å². The number of hydrogen-bond donors (Lipinski definition) is 3. The number of carbonyl (C=O) groups excluding carboxylic acids is 1. The fourth-order valence-corrected chi connectivity index (χ4v) is 1.84. The molecule has 4 nitrogen and oxygen atoms in total. The summed E-state index contributed by atoms with van der Waals surface area (Å²) < 4.78 is 0. The minimum atomic E-state index is -0.227. The average molecular weight is 241 g/mol. The molecular formula is C14H15N3O. The highest BCUT2D eigenvalue weighted by Crippen LogP contribution is 2.23. The van der Waals surface area contributed by atoms with E-state index in [4.69, 9.17) is 5.73 Å². The Morgan fingerprint density at radius 1 is 1.50 bits per heavy atom. The number of rotatable bonds is 4. The normalized spacial score (nSPS) is 10.2. The lowest BCUT2D eigenvalue weighted by Gasteiger charge is -2.03. The van der Waals surface area contributed by atoms with Crippen LogP contribution < -0.4 is 11.1 Å². The van der Waals surface area contributed by atoms with E-state index in [9.17, 15) is 4.79 Å². The Kier molecular flexibility index (Phi) is 3.19. The van der Waals surface area contributed by atoms with Crippen LogP contribution in [0.4, 0.5) is 5.69 Å². The summed E-state index contributed by atoms with van der Waals surface area (Å²) in [5.74, 6) is -0.227. The highest BCUT2D eigenvalue weighted by atomic mass is 16.1. The van der Waals surface area contributed by atoms with Gasteiger partial charge in [-0.2, -0.15) is 0 Å². The predicted octanol–water partition coefficient (Wildman–Crippen LogP) is 2.31. The van der Waals surface area contributed by atoms with Gasteiger partial charge in [0, 0.05) is 34.9 Å². The van der Waals surface area contributed by atoms with Gasteiger partial charge < -0.3 is 16.0 Å². The molecule has 0 aliphatic heterocycles. The summed E-state index contributed by atoms with van der Waals surface area (Å²) in [7, 11) is 0. The largest absolute Gasteiger partial charge is 0.402 e. The van der Waals surface area contributed by atoms with Gasteiger partial charge in [0.25, 0.3) is 0 Å². The van der Waals surface area contributed by atoms with Crippen LogP contribution in [0.3, 0.4) is 0 Å². The van der Waals surface area contributed by atoms with Gasteiger partial charge in [0.2, 0.25) is 5.91 Å². The zero-order valence-corrected chi connectivity index (χ0v) is 9.99. The number of hydrogen-bond acceptors (Lipinski definition) is 2. The first-order valence-corrected chi connectivity index (χ1v) is 5.57. The van der Waals surface area contributed by atoms with Crippen molar-refractivity contribution in [3.63, 3.8) is 0 Å². The van der Waals surface area contributed by atoms with E-state index in [1.807, 2.05) is 24.4 Å². The fourth-order valence-electron chi connectivity index (χ4n) is 1.84. The first kappa shape index (κ1) is 12.0. The van der Waals surface area contributed by atoms with Gasteiger partial charge in [-0.05, 0) is 29.8 Å². The smallest absolute Gasteiger partial charge is 0.247 e. The van der Waals surface area contributed by atoms with E-state index in [0.29, 0.717) is 12.1 Å². The average Bonchev–Trinajstić information content (AvgIpc) is 2.71. The molecule has 18 heavy (non-hydrogen) atoms. The zero-order chi connectivity index (χ0) is 13.1. The van der Waals surface area contributed by atoms with Crippen LogP contribution in [0, 0.1) is 0 Å². The molecule has 0 bridgehead atoms. The van der Waals surface area contributed by atoms with Crippen LogP contribution in [0.5, 0.6) is 0 Å². The van der Waals surface area contributed by atoms with E-state index in [1.54, 1.807) is 0 Å². The van der Waals surface area contributed by atoms with Gasteiger partial charge >= 0.3 is 0 Å². The second-order valence-corrected chi connectivity index (χ2v) is 4.10. The van der Waals surface area contributed by atoms with Crippen molar-refractivity contribution in [3.05, 3.63) is 54.9 Å². The van der Waals surface area contributed by atoms with Gasteiger partial charge in [-0.3, -0.25) is 4.79 Å². The minimum absolute atomic E-state index is 0.227. The summed E-state index contributed by atoms with van der Waals surface area (Å²) >= 11 is 0. The first-order chi connectivity index (χ1) is 8.60. The number of aromatic nitrogens is 1. The highest BCUT2D eigenvalue weighted by molar-refractivity contribution is 6.00. The molecule has 4 heteroatoms. The monoisotopic (exact) mass is 241 g/mol. The van der Waals surface area contributed by atoms with Crippen molar-refractivity contribution in [2.24, 2.45) is 5.73 Å². The molecule has 0 fully saturated rings. The molecule has 1 heterocycles. The number of nitrogens with one attached hydrogen (secondary N) is 2. The lowest BCUT2D eigenvalue weighted by atomic mass is 10.1. The molecule has 0 unspecified atom stereocenters.